The molecule has 100 valence electrons. The number of nitrogens with one attached hydrogen (secondary N) is 1. The zero-order valence-corrected chi connectivity index (χ0v) is 11.3. The lowest BCUT2D eigenvalue weighted by Crippen LogP contribution is -2.49. The standard InChI is InChI=1S/C11H14N6OS/c1-16-3-4-17(6-8(16)18)9-7-2-5-19-10(7)14-11(13-9)15-12/h2,5H,3-4,6,12H2,1H3,(H,13,14,15). The monoisotopic (exact) mass is 278 g/mol. The van der Waals surface area contributed by atoms with Crippen molar-refractivity contribution in [2.75, 3.05) is 37.0 Å². The summed E-state index contributed by atoms with van der Waals surface area (Å²) in [6.07, 6.45) is 0. The van der Waals surface area contributed by atoms with Crippen LogP contribution in [0.2, 0.25) is 0 Å². The Morgan fingerprint density at radius 3 is 3.00 bits per heavy atom. The van der Waals surface area contributed by atoms with Gasteiger partial charge >= 0.3 is 0 Å². The van der Waals surface area contributed by atoms with Crippen LogP contribution in [0.4, 0.5) is 11.8 Å². The second kappa shape index (κ2) is 4.63. The van der Waals surface area contributed by atoms with E-state index < -0.39 is 0 Å². The minimum atomic E-state index is 0.0931. The van der Waals surface area contributed by atoms with E-state index in [9.17, 15) is 4.79 Å². The van der Waals surface area contributed by atoms with Crippen LogP contribution in [0.3, 0.4) is 0 Å². The predicted molar refractivity (Wildman–Crippen MR) is 75.1 cm³/mol. The number of amides is 1. The fourth-order valence-corrected chi connectivity index (χ4v) is 2.84. The van der Waals surface area contributed by atoms with Crippen molar-refractivity contribution in [1.82, 2.24) is 14.9 Å². The van der Waals surface area contributed by atoms with Crippen LogP contribution in [0.15, 0.2) is 11.4 Å². The molecule has 0 unspecified atom stereocenters. The Balaban J connectivity index is 2.03. The number of carbonyl (C=O) groups excluding carboxylic acids is 1. The number of thiophene rings is 1. The smallest absolute Gasteiger partial charge is 0.241 e. The lowest BCUT2D eigenvalue weighted by Gasteiger charge is -2.33. The first-order valence-electron chi connectivity index (χ1n) is 5.90. The van der Waals surface area contributed by atoms with Crippen molar-refractivity contribution >= 4 is 39.2 Å². The van der Waals surface area contributed by atoms with E-state index in [1.54, 1.807) is 4.90 Å². The molecule has 3 N–H and O–H groups in total. The van der Waals surface area contributed by atoms with E-state index in [4.69, 9.17) is 5.84 Å². The Labute approximate surface area is 114 Å². The molecule has 2 aromatic heterocycles. The summed E-state index contributed by atoms with van der Waals surface area (Å²) in [4.78, 5) is 25.1. The number of hydrogen-bond donors (Lipinski definition) is 2. The maximum absolute atomic E-state index is 11.8. The van der Waals surface area contributed by atoms with E-state index in [1.165, 1.54) is 11.3 Å². The van der Waals surface area contributed by atoms with Crippen LogP contribution in [0.5, 0.6) is 0 Å². The highest BCUT2D eigenvalue weighted by atomic mass is 32.1. The summed E-state index contributed by atoms with van der Waals surface area (Å²) in [5, 5.41) is 2.92. The van der Waals surface area contributed by atoms with E-state index in [0.717, 1.165) is 22.6 Å². The number of fused-ring (bicyclic) bond motifs is 1. The number of carbonyl (C=O) groups is 1. The molecule has 2 aromatic rings. The second-order valence-electron chi connectivity index (χ2n) is 4.39. The van der Waals surface area contributed by atoms with Gasteiger partial charge in [0.25, 0.3) is 0 Å². The summed E-state index contributed by atoms with van der Waals surface area (Å²) in [6, 6.07) is 1.97. The highest BCUT2D eigenvalue weighted by Crippen LogP contribution is 2.29. The molecule has 19 heavy (non-hydrogen) atoms. The van der Waals surface area contributed by atoms with Crippen molar-refractivity contribution in [3.63, 3.8) is 0 Å². The van der Waals surface area contributed by atoms with Crippen molar-refractivity contribution in [1.29, 1.82) is 0 Å². The molecule has 8 heteroatoms. The fourth-order valence-electron chi connectivity index (χ4n) is 2.08. The molecule has 1 amide bonds. The number of nitrogen functional groups attached to an aromatic ring is 1. The maximum Gasteiger partial charge on any atom is 0.241 e. The Morgan fingerprint density at radius 2 is 2.26 bits per heavy atom. The number of hydrogen-bond acceptors (Lipinski definition) is 7. The largest absolute Gasteiger partial charge is 0.345 e. The zero-order valence-electron chi connectivity index (χ0n) is 10.5. The Bertz CT molecular complexity index is 627. The summed E-state index contributed by atoms with van der Waals surface area (Å²) < 4.78 is 0. The molecule has 0 aromatic carbocycles. The van der Waals surface area contributed by atoms with Gasteiger partial charge in [-0.3, -0.25) is 10.2 Å². The molecule has 0 atom stereocenters. The van der Waals surface area contributed by atoms with Crippen LogP contribution in [-0.2, 0) is 4.79 Å². The van der Waals surface area contributed by atoms with Gasteiger partial charge in [0.05, 0.1) is 11.9 Å². The number of likely N-dealkylation sites (N-methyl/N-ethyl adjacent to an activating group) is 1. The molecule has 0 bridgehead atoms. The summed E-state index contributed by atoms with van der Waals surface area (Å²) in [7, 11) is 1.81. The molecule has 1 fully saturated rings. The van der Waals surface area contributed by atoms with Crippen LogP contribution < -0.4 is 16.2 Å². The fraction of sp³-hybridized carbons (Fsp3) is 0.364. The van der Waals surface area contributed by atoms with Crippen LogP contribution in [-0.4, -0.2) is 47.5 Å². The highest BCUT2D eigenvalue weighted by Gasteiger charge is 2.24. The third-order valence-corrected chi connectivity index (χ3v) is 4.00. The van der Waals surface area contributed by atoms with Gasteiger partial charge in [-0.25, -0.2) is 10.8 Å². The van der Waals surface area contributed by atoms with E-state index in [1.807, 2.05) is 23.4 Å². The first-order valence-corrected chi connectivity index (χ1v) is 6.78. The van der Waals surface area contributed by atoms with Gasteiger partial charge in [-0.05, 0) is 11.4 Å². The van der Waals surface area contributed by atoms with Crippen LogP contribution >= 0.6 is 11.3 Å². The molecule has 0 spiro atoms. The Hall–Kier alpha value is -1.93. The number of aromatic nitrogens is 2. The lowest BCUT2D eigenvalue weighted by molar-refractivity contribution is -0.129. The van der Waals surface area contributed by atoms with Crippen molar-refractivity contribution in [3.8, 4) is 0 Å². The zero-order chi connectivity index (χ0) is 13.4. The maximum atomic E-state index is 11.8. The molecule has 0 saturated carbocycles. The number of piperazine rings is 1. The normalized spacial score (nSPS) is 16.2. The molecular weight excluding hydrogens is 264 g/mol. The molecule has 3 heterocycles. The van der Waals surface area contributed by atoms with Crippen LogP contribution in [0.1, 0.15) is 0 Å². The molecule has 1 aliphatic heterocycles. The Morgan fingerprint density at radius 1 is 1.42 bits per heavy atom. The number of rotatable bonds is 2. The minimum Gasteiger partial charge on any atom is -0.345 e. The third kappa shape index (κ3) is 2.08. The van der Waals surface area contributed by atoms with Gasteiger partial charge in [-0.15, -0.1) is 11.3 Å². The van der Waals surface area contributed by atoms with Crippen LogP contribution in [0, 0.1) is 0 Å². The summed E-state index contributed by atoms with van der Waals surface area (Å²) in [6.45, 7) is 1.79. The van der Waals surface area contributed by atoms with Crippen molar-refractivity contribution < 1.29 is 4.79 Å². The summed E-state index contributed by atoms with van der Waals surface area (Å²) in [5.41, 5.74) is 2.47. The van der Waals surface area contributed by atoms with Gasteiger partial charge < -0.3 is 9.80 Å². The number of nitrogens with two attached hydrogens (primary N) is 1. The minimum absolute atomic E-state index is 0.0931. The van der Waals surface area contributed by atoms with Gasteiger partial charge in [-0.2, -0.15) is 4.98 Å². The first kappa shape index (κ1) is 12.1. The third-order valence-electron chi connectivity index (χ3n) is 3.19. The molecular formula is C11H14N6OS. The molecule has 3 rings (SSSR count). The molecule has 0 aliphatic carbocycles. The number of nitrogens with zero attached hydrogens (tertiary/aromatic N) is 4. The number of hydrazine groups is 1. The Kier molecular flexibility index (Phi) is 2.96. The quantitative estimate of drug-likeness (QED) is 0.605. The van der Waals surface area contributed by atoms with Crippen molar-refractivity contribution in [2.45, 2.75) is 0 Å². The highest BCUT2D eigenvalue weighted by molar-refractivity contribution is 7.16. The van der Waals surface area contributed by atoms with Crippen LogP contribution in [0.25, 0.3) is 10.2 Å². The van der Waals surface area contributed by atoms with Crippen molar-refractivity contribution in [3.05, 3.63) is 11.4 Å². The van der Waals surface area contributed by atoms with Gasteiger partial charge in [0.15, 0.2) is 0 Å². The lowest BCUT2D eigenvalue weighted by atomic mass is 10.3. The average molecular weight is 278 g/mol. The first-order chi connectivity index (χ1) is 9.19. The SMILES string of the molecule is CN1CCN(c2nc(NN)nc3sccc23)CC1=O. The molecule has 0 radical (unpaired) electrons. The van der Waals surface area contributed by atoms with Crippen molar-refractivity contribution in [2.24, 2.45) is 5.84 Å². The predicted octanol–water partition coefficient (Wildman–Crippen LogP) is 0.255. The van der Waals surface area contributed by atoms with E-state index in [-0.39, 0.29) is 5.91 Å². The van der Waals surface area contributed by atoms with Gasteiger partial charge in [0, 0.05) is 20.1 Å². The van der Waals surface area contributed by atoms with Gasteiger partial charge in [0.1, 0.15) is 10.6 Å². The van der Waals surface area contributed by atoms with E-state index in [0.29, 0.717) is 19.0 Å². The molecule has 1 aliphatic rings. The van der Waals surface area contributed by atoms with E-state index >= 15 is 0 Å². The van der Waals surface area contributed by atoms with Gasteiger partial charge in [0.2, 0.25) is 11.9 Å². The second-order valence-corrected chi connectivity index (χ2v) is 5.29. The van der Waals surface area contributed by atoms with E-state index in [2.05, 4.69) is 15.4 Å². The molecule has 7 nitrogen and oxygen atoms in total. The summed E-state index contributed by atoms with van der Waals surface area (Å²) >= 11 is 1.53. The van der Waals surface area contributed by atoms with Gasteiger partial charge in [-0.1, -0.05) is 0 Å². The average Bonchev–Trinajstić information content (AvgIpc) is 2.89. The summed E-state index contributed by atoms with van der Waals surface area (Å²) in [5.74, 6) is 6.62. The topological polar surface area (TPSA) is 87.4 Å². The molecule has 1 saturated heterocycles. The number of anilines is 2.